The first-order chi connectivity index (χ1) is 19.9. The SMILES string of the molecule is O=C(CCCC=CC[C@@H]1[C@@H](C=C[C@@H](O)COc2cccc(C(F)(F)F)c2)[C@H](O)C[C@@H]1O)NCC(=O)OCCO[N+](=O)[O-]. The van der Waals surface area contributed by atoms with E-state index >= 15 is 0 Å². The molecule has 1 aromatic rings. The summed E-state index contributed by atoms with van der Waals surface area (Å²) in [5, 5.41) is 42.3. The van der Waals surface area contributed by atoms with Gasteiger partial charge in [0.05, 0.1) is 17.8 Å². The Morgan fingerprint density at radius 2 is 1.95 bits per heavy atom. The maximum atomic E-state index is 12.8. The smallest absolute Gasteiger partial charge is 0.416 e. The van der Waals surface area contributed by atoms with Crippen molar-refractivity contribution >= 4 is 11.9 Å². The summed E-state index contributed by atoms with van der Waals surface area (Å²) in [5.41, 5.74) is -0.869. The molecule has 2 rings (SSSR count). The number of rotatable bonds is 17. The number of allylic oxidation sites excluding steroid dienone is 2. The van der Waals surface area contributed by atoms with Crippen LogP contribution in [0.25, 0.3) is 0 Å². The molecule has 1 fully saturated rings. The number of aliphatic hydroxyl groups is 3. The average Bonchev–Trinajstić information content (AvgIpc) is 3.20. The predicted molar refractivity (Wildman–Crippen MR) is 140 cm³/mol. The van der Waals surface area contributed by atoms with Crippen molar-refractivity contribution in [1.82, 2.24) is 5.32 Å². The van der Waals surface area contributed by atoms with Gasteiger partial charge >= 0.3 is 12.1 Å². The molecule has 5 atom stereocenters. The van der Waals surface area contributed by atoms with Gasteiger partial charge in [0.15, 0.2) is 0 Å². The number of carbonyl (C=O) groups is 2. The Hall–Kier alpha value is -3.69. The molecular formula is C27H35F3N2O10. The number of unbranched alkanes of at least 4 members (excludes halogenated alkanes) is 1. The fourth-order valence-corrected chi connectivity index (χ4v) is 4.29. The van der Waals surface area contributed by atoms with Crippen LogP contribution in [-0.4, -0.2) is 77.0 Å². The van der Waals surface area contributed by atoms with Gasteiger partial charge in [-0.1, -0.05) is 30.4 Å². The number of nitrogens with one attached hydrogen (secondary N) is 1. The van der Waals surface area contributed by atoms with Crippen molar-refractivity contribution in [2.24, 2.45) is 11.8 Å². The van der Waals surface area contributed by atoms with Crippen LogP contribution in [-0.2, 0) is 25.3 Å². The van der Waals surface area contributed by atoms with E-state index in [0.717, 1.165) is 12.1 Å². The van der Waals surface area contributed by atoms with Crippen LogP contribution in [0.3, 0.4) is 0 Å². The highest BCUT2D eigenvalue weighted by Crippen LogP contribution is 2.36. The topological polar surface area (TPSA) is 178 Å². The van der Waals surface area contributed by atoms with Crippen LogP contribution in [0.15, 0.2) is 48.6 Å². The first-order valence-corrected chi connectivity index (χ1v) is 13.2. The summed E-state index contributed by atoms with van der Waals surface area (Å²) in [6.45, 7) is -1.41. The number of nitrogens with zero attached hydrogens (tertiary/aromatic N) is 1. The zero-order valence-corrected chi connectivity index (χ0v) is 22.7. The Morgan fingerprint density at radius 3 is 2.67 bits per heavy atom. The van der Waals surface area contributed by atoms with Crippen molar-refractivity contribution in [2.45, 2.75) is 56.6 Å². The Bertz CT molecular complexity index is 1080. The molecule has 1 saturated carbocycles. The minimum Gasteiger partial charge on any atom is -0.491 e. The van der Waals surface area contributed by atoms with E-state index in [4.69, 9.17) is 4.74 Å². The molecule has 234 valence electrons. The van der Waals surface area contributed by atoms with Gasteiger partial charge < -0.3 is 34.9 Å². The van der Waals surface area contributed by atoms with E-state index in [9.17, 15) is 48.2 Å². The van der Waals surface area contributed by atoms with Crippen LogP contribution in [0, 0.1) is 22.0 Å². The maximum absolute atomic E-state index is 12.8. The Morgan fingerprint density at radius 1 is 1.19 bits per heavy atom. The van der Waals surface area contributed by atoms with E-state index in [-0.39, 0.29) is 50.2 Å². The molecule has 1 aromatic carbocycles. The summed E-state index contributed by atoms with van der Waals surface area (Å²) in [5.74, 6) is -1.99. The molecule has 15 heteroatoms. The summed E-state index contributed by atoms with van der Waals surface area (Å²) in [7, 11) is 0. The van der Waals surface area contributed by atoms with E-state index in [1.54, 1.807) is 6.08 Å². The number of aliphatic hydroxyl groups excluding tert-OH is 3. The molecule has 0 spiro atoms. The van der Waals surface area contributed by atoms with Gasteiger partial charge in [-0.2, -0.15) is 13.2 Å². The lowest BCUT2D eigenvalue weighted by molar-refractivity contribution is -0.757. The zero-order valence-electron chi connectivity index (χ0n) is 22.7. The Labute approximate surface area is 239 Å². The third-order valence-corrected chi connectivity index (χ3v) is 6.38. The van der Waals surface area contributed by atoms with Gasteiger partial charge in [0.1, 0.15) is 38.2 Å². The second-order valence-electron chi connectivity index (χ2n) is 9.55. The summed E-state index contributed by atoms with van der Waals surface area (Å²) < 4.78 is 48.5. The monoisotopic (exact) mass is 604 g/mol. The number of hydrogen-bond donors (Lipinski definition) is 4. The molecule has 1 aliphatic carbocycles. The van der Waals surface area contributed by atoms with E-state index in [1.807, 2.05) is 12.2 Å². The van der Waals surface area contributed by atoms with Crippen LogP contribution in [0.4, 0.5) is 13.2 Å². The second-order valence-corrected chi connectivity index (χ2v) is 9.55. The minimum absolute atomic E-state index is 0.0467. The molecular weight excluding hydrogens is 569 g/mol. The summed E-state index contributed by atoms with van der Waals surface area (Å²) >= 11 is 0. The Balaban J connectivity index is 1.70. The number of alkyl halides is 3. The third-order valence-electron chi connectivity index (χ3n) is 6.38. The third kappa shape index (κ3) is 12.9. The molecule has 0 saturated heterocycles. The molecule has 0 aliphatic heterocycles. The normalized spacial score (nSPS) is 21.4. The van der Waals surface area contributed by atoms with Crippen LogP contribution >= 0.6 is 0 Å². The highest BCUT2D eigenvalue weighted by atomic mass is 19.4. The van der Waals surface area contributed by atoms with Crippen molar-refractivity contribution < 1.29 is 57.5 Å². The van der Waals surface area contributed by atoms with Crippen LogP contribution in [0.2, 0.25) is 0 Å². The van der Waals surface area contributed by atoms with Crippen molar-refractivity contribution in [1.29, 1.82) is 0 Å². The number of esters is 1. The first-order valence-electron chi connectivity index (χ1n) is 13.2. The molecule has 0 heterocycles. The highest BCUT2D eigenvalue weighted by Gasteiger charge is 2.39. The van der Waals surface area contributed by atoms with Crippen LogP contribution in [0.1, 0.15) is 37.7 Å². The number of ether oxygens (including phenoxy) is 2. The fourth-order valence-electron chi connectivity index (χ4n) is 4.29. The van der Waals surface area contributed by atoms with Crippen LogP contribution < -0.4 is 10.1 Å². The molecule has 12 nitrogen and oxygen atoms in total. The molecule has 0 bridgehead atoms. The minimum atomic E-state index is -4.52. The molecule has 0 aromatic heterocycles. The summed E-state index contributed by atoms with van der Waals surface area (Å²) in [4.78, 5) is 37.3. The average molecular weight is 605 g/mol. The zero-order chi connectivity index (χ0) is 31.1. The van der Waals surface area contributed by atoms with Crippen LogP contribution in [0.5, 0.6) is 5.75 Å². The first kappa shape index (κ1) is 34.5. The fraction of sp³-hybridized carbons (Fsp3) is 0.556. The number of benzene rings is 1. The van der Waals surface area contributed by atoms with Gasteiger partial charge in [-0.05, 0) is 43.4 Å². The quantitative estimate of drug-likeness (QED) is 0.0678. The van der Waals surface area contributed by atoms with Crippen molar-refractivity contribution in [3.63, 3.8) is 0 Å². The van der Waals surface area contributed by atoms with Gasteiger partial charge in [-0.3, -0.25) is 9.59 Å². The predicted octanol–water partition coefficient (Wildman–Crippen LogP) is 2.34. The second kappa shape index (κ2) is 17.3. The number of carbonyl (C=O) groups excluding carboxylic acids is 2. The largest absolute Gasteiger partial charge is 0.491 e. The molecule has 1 aliphatic rings. The van der Waals surface area contributed by atoms with Gasteiger partial charge in [0.25, 0.3) is 5.09 Å². The number of amides is 1. The molecule has 0 unspecified atom stereocenters. The highest BCUT2D eigenvalue weighted by molar-refractivity contribution is 5.81. The lowest BCUT2D eigenvalue weighted by Gasteiger charge is -2.19. The van der Waals surface area contributed by atoms with Gasteiger partial charge in [0.2, 0.25) is 5.91 Å². The molecule has 4 N–H and O–H groups in total. The molecule has 0 radical (unpaired) electrons. The van der Waals surface area contributed by atoms with Gasteiger partial charge in [-0.25, -0.2) is 0 Å². The van der Waals surface area contributed by atoms with Gasteiger partial charge in [0, 0.05) is 18.8 Å². The lowest BCUT2D eigenvalue weighted by atomic mass is 9.89. The number of halogens is 3. The molecule has 42 heavy (non-hydrogen) atoms. The lowest BCUT2D eigenvalue weighted by Crippen LogP contribution is -2.31. The van der Waals surface area contributed by atoms with E-state index in [1.165, 1.54) is 18.2 Å². The van der Waals surface area contributed by atoms with Crippen molar-refractivity contribution in [3.05, 3.63) is 64.2 Å². The van der Waals surface area contributed by atoms with E-state index < -0.39 is 53.6 Å². The Kier molecular flexibility index (Phi) is 14.2. The van der Waals surface area contributed by atoms with Gasteiger partial charge in [-0.15, -0.1) is 10.1 Å². The van der Waals surface area contributed by atoms with E-state index in [2.05, 4.69) is 14.9 Å². The number of hydrogen-bond acceptors (Lipinski definition) is 10. The van der Waals surface area contributed by atoms with E-state index in [0.29, 0.717) is 19.3 Å². The summed E-state index contributed by atoms with van der Waals surface area (Å²) in [6, 6.07) is 4.29. The van der Waals surface area contributed by atoms with Crippen molar-refractivity contribution in [2.75, 3.05) is 26.4 Å². The summed E-state index contributed by atoms with van der Waals surface area (Å²) in [6.07, 6.45) is 1.02. The molecule has 1 amide bonds. The standard InChI is InChI=1S/C27H35F3N2O10/c28-27(29,30)18-6-5-7-20(14-18)41-17-19(33)10-11-22-21(23(34)15-24(22)35)8-3-1-2-4-9-25(36)31-16-26(37)40-12-13-42-32(38)39/h1,3,5-7,10-11,14,19,21-24,33-35H,2,4,8-9,12-13,15-17H2,(H,31,36)/t19-,21-,22-,23+,24-/m1/s1. The van der Waals surface area contributed by atoms with Crippen molar-refractivity contribution in [3.8, 4) is 5.75 Å². The maximum Gasteiger partial charge on any atom is 0.416 e.